The molecule has 7 heteroatoms. The molecule has 2 aromatic carbocycles. The van der Waals surface area contributed by atoms with Gasteiger partial charge in [-0.05, 0) is 42.7 Å². The van der Waals surface area contributed by atoms with Crippen LogP contribution in [0.5, 0.6) is 0 Å². The highest BCUT2D eigenvalue weighted by Crippen LogP contribution is 2.22. The molecule has 3 amide bonds. The third-order valence-corrected chi connectivity index (χ3v) is 5.38. The average molecular weight is 411 g/mol. The van der Waals surface area contributed by atoms with Crippen LogP contribution in [0.25, 0.3) is 0 Å². The summed E-state index contributed by atoms with van der Waals surface area (Å²) < 4.78 is 13.1. The van der Waals surface area contributed by atoms with Crippen molar-refractivity contribution in [2.24, 2.45) is 11.7 Å². The molecule has 1 heterocycles. The van der Waals surface area contributed by atoms with Gasteiger partial charge in [0, 0.05) is 44.1 Å². The first-order valence-electron chi connectivity index (χ1n) is 10.1. The minimum Gasteiger partial charge on any atom is -0.370 e. The molecule has 1 fully saturated rings. The van der Waals surface area contributed by atoms with E-state index < -0.39 is 5.91 Å². The number of carbonyl (C=O) groups is 3. The number of hydrogen-bond donors (Lipinski definition) is 1. The lowest BCUT2D eigenvalue weighted by Gasteiger charge is -2.34. The molecule has 6 nitrogen and oxygen atoms in total. The second-order valence-electron chi connectivity index (χ2n) is 7.54. The molecule has 0 atom stereocenters. The highest BCUT2D eigenvalue weighted by molar-refractivity contribution is 5.94. The second-order valence-corrected chi connectivity index (χ2v) is 7.54. The first-order valence-corrected chi connectivity index (χ1v) is 10.1. The molecule has 2 aromatic rings. The number of hydrogen-bond acceptors (Lipinski definition) is 3. The predicted octanol–water partition coefficient (Wildman–Crippen LogP) is 2.58. The fourth-order valence-corrected chi connectivity index (χ4v) is 3.68. The molecule has 30 heavy (non-hydrogen) atoms. The molecule has 0 spiro atoms. The number of nitrogens with two attached hydrogens (primary N) is 1. The number of amides is 3. The number of rotatable bonds is 7. The zero-order chi connectivity index (χ0) is 21.5. The largest absolute Gasteiger partial charge is 0.370 e. The minimum absolute atomic E-state index is 0.0195. The molecule has 3 rings (SSSR count). The Bertz CT molecular complexity index is 878. The van der Waals surface area contributed by atoms with Crippen molar-refractivity contribution in [3.63, 3.8) is 0 Å². The van der Waals surface area contributed by atoms with Crippen molar-refractivity contribution in [3.8, 4) is 0 Å². The first-order chi connectivity index (χ1) is 14.4. The Morgan fingerprint density at radius 2 is 1.63 bits per heavy atom. The van der Waals surface area contributed by atoms with Crippen LogP contribution in [0.3, 0.4) is 0 Å². The maximum absolute atomic E-state index is 13.1. The summed E-state index contributed by atoms with van der Waals surface area (Å²) >= 11 is 0. The van der Waals surface area contributed by atoms with Crippen LogP contribution in [-0.2, 0) is 16.1 Å². The molecule has 1 aliphatic rings. The van der Waals surface area contributed by atoms with E-state index >= 15 is 0 Å². The lowest BCUT2D eigenvalue weighted by Crippen LogP contribution is -2.44. The molecule has 0 aromatic heterocycles. The van der Waals surface area contributed by atoms with E-state index in [1.165, 1.54) is 24.3 Å². The number of carbonyl (C=O) groups excluding carboxylic acids is 3. The Labute approximate surface area is 175 Å². The third-order valence-electron chi connectivity index (χ3n) is 5.38. The van der Waals surface area contributed by atoms with E-state index in [1.54, 1.807) is 9.80 Å². The summed E-state index contributed by atoms with van der Waals surface area (Å²) in [5, 5.41) is 0. The van der Waals surface area contributed by atoms with Gasteiger partial charge in [-0.2, -0.15) is 0 Å². The van der Waals surface area contributed by atoms with Gasteiger partial charge in [-0.25, -0.2) is 4.39 Å². The third kappa shape index (κ3) is 5.65. The number of primary amides is 1. The van der Waals surface area contributed by atoms with Gasteiger partial charge in [-0.15, -0.1) is 0 Å². The van der Waals surface area contributed by atoms with Crippen molar-refractivity contribution in [2.75, 3.05) is 19.6 Å². The summed E-state index contributed by atoms with van der Waals surface area (Å²) in [6.07, 6.45) is 1.21. The van der Waals surface area contributed by atoms with E-state index in [1.807, 2.05) is 30.3 Å². The summed E-state index contributed by atoms with van der Waals surface area (Å²) in [6.45, 7) is 1.61. The van der Waals surface area contributed by atoms with Crippen LogP contribution in [0, 0.1) is 11.7 Å². The molecule has 158 valence electrons. The highest BCUT2D eigenvalue weighted by atomic mass is 19.1. The van der Waals surface area contributed by atoms with E-state index in [9.17, 15) is 18.8 Å². The maximum Gasteiger partial charge on any atom is 0.253 e. The van der Waals surface area contributed by atoms with Gasteiger partial charge in [-0.1, -0.05) is 30.3 Å². The van der Waals surface area contributed by atoms with E-state index in [0.717, 1.165) is 5.56 Å². The Balaban J connectivity index is 1.61. The SMILES string of the molecule is NC(=O)CCN(Cc1ccccc1)C(=O)C1CCN(C(=O)c2ccc(F)cc2)CC1. The van der Waals surface area contributed by atoms with Crippen molar-refractivity contribution in [1.29, 1.82) is 0 Å². The van der Waals surface area contributed by atoms with E-state index in [2.05, 4.69) is 0 Å². The second kappa shape index (κ2) is 10.0. The van der Waals surface area contributed by atoms with Crippen LogP contribution in [0.1, 0.15) is 35.2 Å². The number of halogens is 1. The molecule has 1 aliphatic heterocycles. The standard InChI is InChI=1S/C23H26FN3O3/c24-20-8-6-18(7-9-20)22(29)26-13-10-19(11-14-26)23(30)27(15-12-21(25)28)16-17-4-2-1-3-5-17/h1-9,19H,10-16H2,(H2,25,28). The summed E-state index contributed by atoms with van der Waals surface area (Å²) in [5.41, 5.74) is 6.71. The number of piperidine rings is 1. The summed E-state index contributed by atoms with van der Waals surface area (Å²) in [4.78, 5) is 40.3. The van der Waals surface area contributed by atoms with Crippen LogP contribution in [0.2, 0.25) is 0 Å². The van der Waals surface area contributed by atoms with E-state index in [4.69, 9.17) is 5.73 Å². The monoisotopic (exact) mass is 411 g/mol. The average Bonchev–Trinajstić information content (AvgIpc) is 2.77. The highest BCUT2D eigenvalue weighted by Gasteiger charge is 2.30. The Hall–Kier alpha value is -3.22. The zero-order valence-electron chi connectivity index (χ0n) is 16.8. The molecule has 0 unspecified atom stereocenters. The van der Waals surface area contributed by atoms with Crippen LogP contribution in [0.15, 0.2) is 54.6 Å². The minimum atomic E-state index is -0.444. The molecule has 0 aliphatic carbocycles. The van der Waals surface area contributed by atoms with Crippen molar-refractivity contribution in [3.05, 3.63) is 71.5 Å². The topological polar surface area (TPSA) is 83.7 Å². The van der Waals surface area contributed by atoms with Gasteiger partial charge in [0.05, 0.1) is 0 Å². The molecule has 1 saturated heterocycles. The Morgan fingerprint density at radius 3 is 2.23 bits per heavy atom. The predicted molar refractivity (Wildman–Crippen MR) is 111 cm³/mol. The van der Waals surface area contributed by atoms with Gasteiger partial charge >= 0.3 is 0 Å². The molecule has 0 bridgehead atoms. The Kier molecular flexibility index (Phi) is 7.17. The van der Waals surface area contributed by atoms with Gasteiger partial charge in [0.15, 0.2) is 0 Å². The van der Waals surface area contributed by atoms with Crippen LogP contribution >= 0.6 is 0 Å². The van der Waals surface area contributed by atoms with Gasteiger partial charge < -0.3 is 15.5 Å². The molecular formula is C23H26FN3O3. The lowest BCUT2D eigenvalue weighted by atomic mass is 9.94. The first kappa shape index (κ1) is 21.5. The van der Waals surface area contributed by atoms with Gasteiger partial charge in [0.25, 0.3) is 5.91 Å². The van der Waals surface area contributed by atoms with Crippen molar-refractivity contribution in [1.82, 2.24) is 9.80 Å². The fraction of sp³-hybridized carbons (Fsp3) is 0.348. The maximum atomic E-state index is 13.1. The molecular weight excluding hydrogens is 385 g/mol. The molecule has 2 N–H and O–H groups in total. The van der Waals surface area contributed by atoms with Gasteiger partial charge in [-0.3, -0.25) is 14.4 Å². The summed E-state index contributed by atoms with van der Waals surface area (Å²) in [6, 6.07) is 15.1. The van der Waals surface area contributed by atoms with Crippen LogP contribution < -0.4 is 5.73 Å². The number of likely N-dealkylation sites (tertiary alicyclic amines) is 1. The van der Waals surface area contributed by atoms with E-state index in [0.29, 0.717) is 38.0 Å². The van der Waals surface area contributed by atoms with E-state index in [-0.39, 0.29) is 36.5 Å². The number of nitrogens with zero attached hydrogens (tertiary/aromatic N) is 2. The number of benzene rings is 2. The van der Waals surface area contributed by atoms with Crippen LogP contribution in [-0.4, -0.2) is 47.2 Å². The van der Waals surface area contributed by atoms with Crippen LogP contribution in [0.4, 0.5) is 4.39 Å². The quantitative estimate of drug-likeness (QED) is 0.760. The lowest BCUT2D eigenvalue weighted by molar-refractivity contribution is -0.138. The summed E-state index contributed by atoms with van der Waals surface area (Å²) in [7, 11) is 0. The Morgan fingerprint density at radius 1 is 1.00 bits per heavy atom. The fourth-order valence-electron chi connectivity index (χ4n) is 3.68. The van der Waals surface area contributed by atoms with Crippen molar-refractivity contribution >= 4 is 17.7 Å². The van der Waals surface area contributed by atoms with Crippen molar-refractivity contribution in [2.45, 2.75) is 25.8 Å². The molecule has 0 saturated carbocycles. The molecule has 0 radical (unpaired) electrons. The van der Waals surface area contributed by atoms with Crippen molar-refractivity contribution < 1.29 is 18.8 Å². The van der Waals surface area contributed by atoms with Gasteiger partial charge in [0.1, 0.15) is 5.82 Å². The normalized spacial score (nSPS) is 14.4. The van der Waals surface area contributed by atoms with Gasteiger partial charge in [0.2, 0.25) is 11.8 Å². The smallest absolute Gasteiger partial charge is 0.253 e. The summed E-state index contributed by atoms with van der Waals surface area (Å²) in [5.74, 6) is -1.21. The zero-order valence-corrected chi connectivity index (χ0v) is 16.8.